The largest absolute Gasteiger partial charge is 0.310 e. The SMILES string of the molecule is CCS(=O)(=O)n1cc([C@@H]2C[C@H]2C(=O)Nc2cc3cc(Cl)nc(Cl)c3cn2)cn1. The number of fused-ring (bicyclic) bond motifs is 1. The standard InChI is InChI=1S/C17H15Cl2N5O3S/c1-2-28(26,27)24-8-10(6-21-24)11-5-12(11)17(25)23-15-4-9-3-14(18)22-16(19)13(9)7-20-15/h3-4,6-8,11-12H,2,5H2,1H3,(H,20,23,25)/t11-,12+/m0/s1. The molecule has 8 nitrogen and oxygen atoms in total. The van der Waals surface area contributed by atoms with Crippen LogP contribution in [0.25, 0.3) is 10.8 Å². The van der Waals surface area contributed by atoms with Gasteiger partial charge in [0.05, 0.1) is 11.9 Å². The van der Waals surface area contributed by atoms with Crippen LogP contribution in [0.5, 0.6) is 0 Å². The number of carbonyl (C=O) groups excluding carboxylic acids is 1. The molecule has 0 saturated heterocycles. The lowest BCUT2D eigenvalue weighted by atomic mass is 10.2. The molecule has 0 unspecified atom stereocenters. The molecule has 4 rings (SSSR count). The number of rotatable bonds is 5. The van der Waals surface area contributed by atoms with Crippen LogP contribution in [0.15, 0.2) is 30.7 Å². The van der Waals surface area contributed by atoms with E-state index in [0.29, 0.717) is 23.0 Å². The first-order valence-corrected chi connectivity index (χ1v) is 10.9. The molecular weight excluding hydrogens is 425 g/mol. The minimum atomic E-state index is -3.43. The molecule has 1 fully saturated rings. The molecule has 146 valence electrons. The molecule has 28 heavy (non-hydrogen) atoms. The van der Waals surface area contributed by atoms with Gasteiger partial charge in [-0.1, -0.05) is 23.2 Å². The molecule has 1 aliphatic rings. The molecule has 0 radical (unpaired) electrons. The van der Waals surface area contributed by atoms with Crippen LogP contribution in [-0.2, 0) is 14.8 Å². The lowest BCUT2D eigenvalue weighted by Gasteiger charge is -2.06. The fraction of sp³-hybridized carbons (Fsp3) is 0.294. The van der Waals surface area contributed by atoms with E-state index in [4.69, 9.17) is 23.2 Å². The van der Waals surface area contributed by atoms with Gasteiger partial charge in [0, 0.05) is 23.7 Å². The van der Waals surface area contributed by atoms with Crippen molar-refractivity contribution < 1.29 is 13.2 Å². The highest BCUT2D eigenvalue weighted by atomic mass is 35.5. The van der Waals surface area contributed by atoms with Crippen LogP contribution in [0.2, 0.25) is 10.3 Å². The predicted octanol–water partition coefficient (Wildman–Crippen LogP) is 3.07. The van der Waals surface area contributed by atoms with Crippen molar-refractivity contribution >= 4 is 55.7 Å². The molecule has 1 aliphatic carbocycles. The number of pyridine rings is 2. The van der Waals surface area contributed by atoms with Gasteiger partial charge in [-0.3, -0.25) is 4.79 Å². The van der Waals surface area contributed by atoms with Gasteiger partial charge in [-0.25, -0.2) is 18.4 Å². The second kappa shape index (κ2) is 6.98. The Bertz CT molecular complexity index is 1190. The molecule has 0 aliphatic heterocycles. The summed E-state index contributed by atoms with van der Waals surface area (Å²) in [6.45, 7) is 1.55. The minimum Gasteiger partial charge on any atom is -0.310 e. The molecule has 11 heteroatoms. The van der Waals surface area contributed by atoms with Crippen LogP contribution in [0.1, 0.15) is 24.8 Å². The van der Waals surface area contributed by atoms with E-state index in [1.54, 1.807) is 19.1 Å². The van der Waals surface area contributed by atoms with Crippen molar-refractivity contribution in [2.24, 2.45) is 5.92 Å². The van der Waals surface area contributed by atoms with Gasteiger partial charge < -0.3 is 5.32 Å². The normalized spacial score (nSPS) is 19.0. The van der Waals surface area contributed by atoms with E-state index in [0.717, 1.165) is 9.65 Å². The van der Waals surface area contributed by atoms with Gasteiger partial charge in [0.2, 0.25) is 5.91 Å². The van der Waals surface area contributed by atoms with Gasteiger partial charge in [-0.05, 0) is 42.3 Å². The molecule has 1 saturated carbocycles. The van der Waals surface area contributed by atoms with Crippen LogP contribution in [0.3, 0.4) is 0 Å². The van der Waals surface area contributed by atoms with Crippen LogP contribution in [0, 0.1) is 5.92 Å². The maximum absolute atomic E-state index is 12.5. The Morgan fingerprint density at radius 1 is 1.32 bits per heavy atom. The van der Waals surface area contributed by atoms with Crippen LogP contribution in [0.4, 0.5) is 5.82 Å². The summed E-state index contributed by atoms with van der Waals surface area (Å²) in [6, 6.07) is 3.32. The average molecular weight is 440 g/mol. The Hall–Kier alpha value is -2.23. The molecule has 3 aromatic heterocycles. The summed E-state index contributed by atoms with van der Waals surface area (Å²) in [5.74, 6) is -0.168. The number of amides is 1. The summed E-state index contributed by atoms with van der Waals surface area (Å²) < 4.78 is 24.7. The van der Waals surface area contributed by atoms with Crippen molar-refractivity contribution in [3.05, 3.63) is 46.6 Å². The fourth-order valence-corrected chi connectivity index (χ4v) is 4.24. The Morgan fingerprint density at radius 3 is 2.86 bits per heavy atom. The Labute approximate surface area is 170 Å². The molecule has 0 bridgehead atoms. The summed E-state index contributed by atoms with van der Waals surface area (Å²) in [7, 11) is -3.43. The van der Waals surface area contributed by atoms with Gasteiger partial charge in [0.25, 0.3) is 10.0 Å². The van der Waals surface area contributed by atoms with Crippen molar-refractivity contribution in [2.75, 3.05) is 11.1 Å². The van der Waals surface area contributed by atoms with Crippen molar-refractivity contribution in [3.8, 4) is 0 Å². The van der Waals surface area contributed by atoms with E-state index in [1.807, 2.05) is 0 Å². The molecule has 1 N–H and O–H groups in total. The molecular formula is C17H15Cl2N5O3S. The molecule has 3 aromatic rings. The summed E-state index contributed by atoms with van der Waals surface area (Å²) in [6.07, 6.45) is 5.12. The highest BCUT2D eigenvalue weighted by Gasteiger charge is 2.45. The van der Waals surface area contributed by atoms with Gasteiger partial charge in [-0.2, -0.15) is 9.19 Å². The summed E-state index contributed by atoms with van der Waals surface area (Å²) in [5, 5.41) is 8.53. The van der Waals surface area contributed by atoms with Gasteiger partial charge in [0.15, 0.2) is 0 Å². The van der Waals surface area contributed by atoms with Crippen LogP contribution in [-0.4, -0.2) is 39.2 Å². The zero-order valence-corrected chi connectivity index (χ0v) is 17.0. The van der Waals surface area contributed by atoms with Crippen LogP contribution < -0.4 is 5.32 Å². The third kappa shape index (κ3) is 3.57. The second-order valence-electron chi connectivity index (χ2n) is 6.51. The highest BCUT2D eigenvalue weighted by molar-refractivity contribution is 7.89. The summed E-state index contributed by atoms with van der Waals surface area (Å²) >= 11 is 12.0. The fourth-order valence-electron chi connectivity index (χ4n) is 3.01. The first-order valence-electron chi connectivity index (χ1n) is 8.49. The Kier molecular flexibility index (Phi) is 4.76. The topological polar surface area (TPSA) is 107 Å². The van der Waals surface area contributed by atoms with E-state index in [9.17, 15) is 13.2 Å². The van der Waals surface area contributed by atoms with E-state index < -0.39 is 10.0 Å². The zero-order chi connectivity index (χ0) is 20.1. The lowest BCUT2D eigenvalue weighted by molar-refractivity contribution is -0.117. The van der Waals surface area contributed by atoms with Crippen molar-refractivity contribution in [1.29, 1.82) is 0 Å². The average Bonchev–Trinajstić information content (AvgIpc) is 3.29. The third-order valence-electron chi connectivity index (χ3n) is 4.67. The van der Waals surface area contributed by atoms with E-state index in [1.165, 1.54) is 18.6 Å². The number of carbonyl (C=O) groups is 1. The molecule has 1 amide bonds. The Morgan fingerprint density at radius 2 is 2.11 bits per heavy atom. The number of halogens is 2. The monoisotopic (exact) mass is 439 g/mol. The number of anilines is 1. The number of hydrogen-bond donors (Lipinski definition) is 1. The van der Waals surface area contributed by atoms with Crippen molar-refractivity contribution in [3.63, 3.8) is 0 Å². The second-order valence-corrected chi connectivity index (χ2v) is 9.37. The van der Waals surface area contributed by atoms with Crippen LogP contribution >= 0.6 is 23.2 Å². The Balaban J connectivity index is 1.48. The molecule has 3 heterocycles. The number of nitrogens with zero attached hydrogens (tertiary/aromatic N) is 4. The van der Waals surface area contributed by atoms with E-state index in [2.05, 4.69) is 20.4 Å². The maximum Gasteiger partial charge on any atom is 0.253 e. The predicted molar refractivity (Wildman–Crippen MR) is 106 cm³/mol. The highest BCUT2D eigenvalue weighted by Crippen LogP contribution is 2.48. The van der Waals surface area contributed by atoms with Crippen molar-refractivity contribution in [1.82, 2.24) is 19.2 Å². The first-order chi connectivity index (χ1) is 13.3. The molecule has 2 atom stereocenters. The smallest absolute Gasteiger partial charge is 0.253 e. The van der Waals surface area contributed by atoms with Gasteiger partial charge >= 0.3 is 0 Å². The molecule has 0 aromatic carbocycles. The van der Waals surface area contributed by atoms with E-state index in [-0.39, 0.29) is 33.8 Å². The summed E-state index contributed by atoms with van der Waals surface area (Å²) in [4.78, 5) is 20.7. The van der Waals surface area contributed by atoms with Crippen molar-refractivity contribution in [2.45, 2.75) is 19.3 Å². The number of nitrogens with one attached hydrogen (secondary N) is 1. The third-order valence-corrected chi connectivity index (χ3v) is 6.66. The lowest BCUT2D eigenvalue weighted by Crippen LogP contribution is -2.15. The zero-order valence-electron chi connectivity index (χ0n) is 14.6. The van der Waals surface area contributed by atoms with Gasteiger partial charge in [-0.15, -0.1) is 0 Å². The maximum atomic E-state index is 12.5. The quantitative estimate of drug-likeness (QED) is 0.612. The van der Waals surface area contributed by atoms with Gasteiger partial charge in [0.1, 0.15) is 16.1 Å². The molecule has 0 spiro atoms. The number of hydrogen-bond acceptors (Lipinski definition) is 6. The first kappa shape index (κ1) is 19.1. The minimum absolute atomic E-state index is 0.0418. The van der Waals surface area contributed by atoms with E-state index >= 15 is 0 Å². The number of aromatic nitrogens is 4. The summed E-state index contributed by atoms with van der Waals surface area (Å²) in [5.41, 5.74) is 0.730.